The van der Waals surface area contributed by atoms with E-state index in [1.807, 2.05) is 24.0 Å². The summed E-state index contributed by atoms with van der Waals surface area (Å²) in [5.74, 6) is -0.681. The summed E-state index contributed by atoms with van der Waals surface area (Å²) < 4.78 is 9.90. The number of esters is 2. The molecule has 0 unspecified atom stereocenters. The number of benzene rings is 1. The first-order chi connectivity index (χ1) is 10.4. The zero-order valence-corrected chi connectivity index (χ0v) is 13.1. The molecule has 22 heavy (non-hydrogen) atoms. The van der Waals surface area contributed by atoms with Crippen molar-refractivity contribution in [3.8, 4) is 0 Å². The second kappa shape index (κ2) is 8.81. The highest BCUT2D eigenvalue weighted by atomic mass is 16.5. The van der Waals surface area contributed by atoms with Crippen molar-refractivity contribution in [1.82, 2.24) is 0 Å². The Labute approximate surface area is 130 Å². The van der Waals surface area contributed by atoms with Crippen LogP contribution in [-0.2, 0) is 19.1 Å². The van der Waals surface area contributed by atoms with Gasteiger partial charge in [0.05, 0.1) is 13.1 Å². The van der Waals surface area contributed by atoms with Gasteiger partial charge in [-0.1, -0.05) is 0 Å². The predicted molar refractivity (Wildman–Crippen MR) is 82.0 cm³/mol. The summed E-state index contributed by atoms with van der Waals surface area (Å²) >= 11 is 0. The Kier molecular flexibility index (Phi) is 7.08. The first kappa shape index (κ1) is 17.7. The van der Waals surface area contributed by atoms with Gasteiger partial charge in [-0.25, -0.2) is 0 Å². The molecule has 0 N–H and O–H groups in total. The zero-order chi connectivity index (χ0) is 16.5. The number of hydrogen-bond acceptors (Lipinski definition) is 6. The molecule has 1 aromatic carbocycles. The van der Waals surface area contributed by atoms with Gasteiger partial charge in [0.25, 0.3) is 0 Å². The average Bonchev–Trinajstić information content (AvgIpc) is 2.45. The molecule has 0 aliphatic carbocycles. The lowest BCUT2D eigenvalue weighted by Crippen LogP contribution is -2.32. The molecule has 6 nitrogen and oxygen atoms in total. The minimum Gasteiger partial charge on any atom is -0.464 e. The van der Waals surface area contributed by atoms with Crippen LogP contribution in [-0.4, -0.2) is 44.5 Å². The van der Waals surface area contributed by atoms with Crippen LogP contribution >= 0.6 is 0 Å². The summed E-state index contributed by atoms with van der Waals surface area (Å²) in [5.41, 5.74) is 2.36. The number of anilines is 1. The highest BCUT2D eigenvalue weighted by Crippen LogP contribution is 2.18. The molecule has 0 amide bonds. The van der Waals surface area contributed by atoms with Gasteiger partial charge in [-0.15, -0.1) is 0 Å². The van der Waals surface area contributed by atoms with Crippen LogP contribution in [0.15, 0.2) is 18.2 Å². The molecular weight excluding hydrogens is 286 g/mol. The summed E-state index contributed by atoms with van der Waals surface area (Å²) in [7, 11) is 0. The van der Waals surface area contributed by atoms with E-state index >= 15 is 0 Å². The molecule has 0 aliphatic heterocycles. The molecule has 0 aromatic heterocycles. The van der Waals surface area contributed by atoms with Crippen LogP contribution in [0.1, 0.15) is 29.8 Å². The molecule has 0 aliphatic rings. The third kappa shape index (κ3) is 5.95. The quantitative estimate of drug-likeness (QED) is 0.538. The molecule has 0 atom stereocenters. The van der Waals surface area contributed by atoms with Crippen molar-refractivity contribution in [3.05, 3.63) is 29.3 Å². The fraction of sp³-hybridized carbons (Fsp3) is 0.438. The highest BCUT2D eigenvalue weighted by molar-refractivity contribution is 5.78. The number of carbonyl (C=O) groups excluding carboxylic acids is 3. The minimum absolute atomic E-state index is 0.240. The Morgan fingerprint density at radius 1 is 1.09 bits per heavy atom. The van der Waals surface area contributed by atoms with Gasteiger partial charge in [0, 0.05) is 25.1 Å². The second-order valence-electron chi connectivity index (χ2n) is 4.83. The summed E-state index contributed by atoms with van der Waals surface area (Å²) in [6, 6.07) is 5.44. The van der Waals surface area contributed by atoms with Crippen LogP contribution in [0.3, 0.4) is 0 Å². The normalized spacial score (nSPS) is 9.95. The van der Waals surface area contributed by atoms with Crippen LogP contribution < -0.4 is 4.90 Å². The lowest BCUT2D eigenvalue weighted by atomic mass is 10.1. The Balaban J connectivity index is 2.77. The van der Waals surface area contributed by atoms with Crippen molar-refractivity contribution in [2.45, 2.75) is 20.8 Å². The van der Waals surface area contributed by atoms with E-state index in [9.17, 15) is 14.4 Å². The fourth-order valence-corrected chi connectivity index (χ4v) is 1.96. The Bertz CT molecular complexity index is 521. The highest BCUT2D eigenvalue weighted by Gasteiger charge is 2.10. The van der Waals surface area contributed by atoms with Gasteiger partial charge in [-0.05, 0) is 30.7 Å². The van der Waals surface area contributed by atoms with Crippen molar-refractivity contribution in [3.63, 3.8) is 0 Å². The van der Waals surface area contributed by atoms with Gasteiger partial charge in [0.1, 0.15) is 19.5 Å². The number of nitrogens with zero attached hydrogens (tertiary/aromatic N) is 1. The van der Waals surface area contributed by atoms with Gasteiger partial charge < -0.3 is 14.4 Å². The number of ether oxygens (including phenoxy) is 2. The molecule has 120 valence electrons. The molecule has 1 rings (SSSR count). The van der Waals surface area contributed by atoms with Crippen molar-refractivity contribution < 1.29 is 23.9 Å². The first-order valence-corrected chi connectivity index (χ1v) is 7.01. The summed E-state index contributed by atoms with van der Waals surface area (Å²) in [5, 5.41) is 0. The molecule has 0 fully saturated rings. The molecule has 0 spiro atoms. The average molecular weight is 307 g/mol. The van der Waals surface area contributed by atoms with Gasteiger partial charge in [-0.3, -0.25) is 14.4 Å². The van der Waals surface area contributed by atoms with Crippen LogP contribution in [0.5, 0.6) is 0 Å². The molecule has 0 saturated heterocycles. The molecule has 0 heterocycles. The van der Waals surface area contributed by atoms with Crippen LogP contribution in [0, 0.1) is 6.92 Å². The number of aryl methyl sites for hydroxylation is 1. The van der Waals surface area contributed by atoms with Crippen molar-refractivity contribution in [2.24, 2.45) is 0 Å². The molecule has 0 bridgehead atoms. The summed E-state index contributed by atoms with van der Waals surface area (Å²) in [6.45, 7) is 5.98. The standard InChI is InChI=1S/C16H21NO5/c1-12-10-16(5-4-15(12)11-18)17(6-8-21-13(2)19)7-9-22-14(3)20/h4-5,10-11H,6-9H2,1-3H3. The van der Waals surface area contributed by atoms with E-state index < -0.39 is 0 Å². The second-order valence-corrected chi connectivity index (χ2v) is 4.83. The van der Waals surface area contributed by atoms with E-state index in [4.69, 9.17) is 9.47 Å². The van der Waals surface area contributed by atoms with Crippen LogP contribution in [0.25, 0.3) is 0 Å². The van der Waals surface area contributed by atoms with Crippen LogP contribution in [0.4, 0.5) is 5.69 Å². The van der Waals surface area contributed by atoms with Gasteiger partial charge in [0.15, 0.2) is 0 Å². The molecule has 0 radical (unpaired) electrons. The Morgan fingerprint density at radius 2 is 1.64 bits per heavy atom. The zero-order valence-electron chi connectivity index (χ0n) is 13.1. The van der Waals surface area contributed by atoms with Crippen molar-refractivity contribution >= 4 is 23.9 Å². The third-order valence-corrected chi connectivity index (χ3v) is 3.08. The fourth-order valence-electron chi connectivity index (χ4n) is 1.96. The monoisotopic (exact) mass is 307 g/mol. The third-order valence-electron chi connectivity index (χ3n) is 3.08. The lowest BCUT2D eigenvalue weighted by Gasteiger charge is -2.25. The summed E-state index contributed by atoms with van der Waals surface area (Å²) in [6.07, 6.45) is 0.807. The molecule has 1 aromatic rings. The SMILES string of the molecule is CC(=O)OCCN(CCOC(C)=O)c1ccc(C=O)c(C)c1. The maximum atomic E-state index is 10.9. The van der Waals surface area contributed by atoms with Crippen LogP contribution in [0.2, 0.25) is 0 Å². The van der Waals surface area contributed by atoms with Crippen molar-refractivity contribution in [1.29, 1.82) is 0 Å². The maximum absolute atomic E-state index is 10.9. The molecule has 0 saturated carbocycles. The van der Waals surface area contributed by atoms with E-state index in [-0.39, 0.29) is 25.2 Å². The summed E-state index contributed by atoms with van der Waals surface area (Å²) in [4.78, 5) is 34.5. The van der Waals surface area contributed by atoms with Gasteiger partial charge >= 0.3 is 11.9 Å². The number of rotatable bonds is 8. The lowest BCUT2D eigenvalue weighted by molar-refractivity contribution is -0.141. The number of hydrogen-bond donors (Lipinski definition) is 0. The van der Waals surface area contributed by atoms with E-state index in [0.29, 0.717) is 18.7 Å². The maximum Gasteiger partial charge on any atom is 0.302 e. The van der Waals surface area contributed by atoms with E-state index in [1.165, 1.54) is 13.8 Å². The largest absolute Gasteiger partial charge is 0.464 e. The number of aldehydes is 1. The van der Waals surface area contributed by atoms with Crippen molar-refractivity contribution in [2.75, 3.05) is 31.2 Å². The Morgan fingerprint density at radius 3 is 2.05 bits per heavy atom. The van der Waals surface area contributed by atoms with Gasteiger partial charge in [0.2, 0.25) is 0 Å². The molecule has 6 heteroatoms. The van der Waals surface area contributed by atoms with E-state index in [0.717, 1.165) is 17.5 Å². The molecular formula is C16H21NO5. The van der Waals surface area contributed by atoms with E-state index in [2.05, 4.69) is 0 Å². The first-order valence-electron chi connectivity index (χ1n) is 7.01. The van der Waals surface area contributed by atoms with E-state index in [1.54, 1.807) is 6.07 Å². The van der Waals surface area contributed by atoms with Gasteiger partial charge in [-0.2, -0.15) is 0 Å². The predicted octanol–water partition coefficient (Wildman–Crippen LogP) is 1.74. The minimum atomic E-state index is -0.340. The Hall–Kier alpha value is -2.37. The smallest absolute Gasteiger partial charge is 0.302 e. The topological polar surface area (TPSA) is 72.9 Å². The number of carbonyl (C=O) groups is 3.